The Bertz CT molecular complexity index is 977. The minimum absolute atomic E-state index is 0.00685. The third-order valence-corrected chi connectivity index (χ3v) is 4.76. The summed E-state index contributed by atoms with van der Waals surface area (Å²) in [7, 11) is 0. The second kappa shape index (κ2) is 8.18. The molecule has 1 amide bonds. The molecule has 138 valence electrons. The van der Waals surface area contributed by atoms with Crippen LogP contribution in [0.2, 0.25) is 0 Å². The first-order valence-electron chi connectivity index (χ1n) is 8.47. The lowest BCUT2D eigenvalue weighted by molar-refractivity contribution is -0.116. The number of benzene rings is 2. The fraction of sp³-hybridized carbons (Fsp3) is 0.200. The Balaban J connectivity index is 1.83. The normalized spacial score (nSPS) is 10.9. The standard InChI is InChI=1S/C20H19N3O3S/c1-13(2)23(14-8-4-3-5-9-14)17(24)12-27-20-21-16-11-7-6-10-15(16)18(22-20)19(25)26/h3-11,13H,12H2,1-2H3,(H,25,26). The molecule has 0 fully saturated rings. The molecule has 27 heavy (non-hydrogen) atoms. The van der Waals surface area contributed by atoms with Gasteiger partial charge in [-0.25, -0.2) is 14.8 Å². The molecule has 1 heterocycles. The van der Waals surface area contributed by atoms with Gasteiger partial charge in [-0.15, -0.1) is 0 Å². The number of carbonyl (C=O) groups is 2. The number of thioether (sulfide) groups is 1. The van der Waals surface area contributed by atoms with E-state index in [-0.39, 0.29) is 28.6 Å². The zero-order chi connectivity index (χ0) is 19.4. The van der Waals surface area contributed by atoms with E-state index in [0.29, 0.717) is 10.9 Å². The molecule has 3 rings (SSSR count). The third-order valence-electron chi connectivity index (χ3n) is 3.93. The van der Waals surface area contributed by atoms with Crippen LogP contribution in [-0.2, 0) is 4.79 Å². The number of amides is 1. The van der Waals surface area contributed by atoms with Gasteiger partial charge in [0.25, 0.3) is 0 Å². The molecule has 7 heteroatoms. The molecule has 1 aromatic heterocycles. The average Bonchev–Trinajstić information content (AvgIpc) is 2.66. The fourth-order valence-corrected chi connectivity index (χ4v) is 3.51. The Hall–Kier alpha value is -2.93. The van der Waals surface area contributed by atoms with Gasteiger partial charge in [-0.2, -0.15) is 0 Å². The summed E-state index contributed by atoms with van der Waals surface area (Å²) >= 11 is 1.14. The van der Waals surface area contributed by atoms with Gasteiger partial charge in [0, 0.05) is 17.1 Å². The van der Waals surface area contributed by atoms with Crippen molar-refractivity contribution >= 4 is 40.2 Å². The maximum atomic E-state index is 12.8. The number of para-hydroxylation sites is 2. The number of hydrogen-bond acceptors (Lipinski definition) is 5. The predicted molar refractivity (Wildman–Crippen MR) is 106 cm³/mol. The lowest BCUT2D eigenvalue weighted by Crippen LogP contribution is -2.38. The summed E-state index contributed by atoms with van der Waals surface area (Å²) in [5.74, 6) is -1.09. The number of hydrogen-bond donors (Lipinski definition) is 1. The van der Waals surface area contributed by atoms with Gasteiger partial charge in [0.1, 0.15) is 0 Å². The highest BCUT2D eigenvalue weighted by atomic mass is 32.2. The van der Waals surface area contributed by atoms with Crippen molar-refractivity contribution in [3.8, 4) is 0 Å². The highest BCUT2D eigenvalue weighted by molar-refractivity contribution is 7.99. The molecule has 0 radical (unpaired) electrons. The van der Waals surface area contributed by atoms with Crippen molar-refractivity contribution in [3.05, 3.63) is 60.3 Å². The number of nitrogens with zero attached hydrogens (tertiary/aromatic N) is 3. The number of anilines is 1. The monoisotopic (exact) mass is 381 g/mol. The molecule has 0 aliphatic heterocycles. The summed E-state index contributed by atoms with van der Waals surface area (Å²) < 4.78 is 0. The molecule has 1 N–H and O–H groups in total. The van der Waals surface area contributed by atoms with Crippen molar-refractivity contribution < 1.29 is 14.7 Å². The molecule has 0 aliphatic carbocycles. The zero-order valence-electron chi connectivity index (χ0n) is 15.0. The third kappa shape index (κ3) is 4.25. The van der Waals surface area contributed by atoms with Crippen LogP contribution in [0.5, 0.6) is 0 Å². The first-order valence-corrected chi connectivity index (χ1v) is 9.46. The molecule has 0 bridgehead atoms. The largest absolute Gasteiger partial charge is 0.476 e. The second-order valence-electron chi connectivity index (χ2n) is 6.16. The van der Waals surface area contributed by atoms with Crippen molar-refractivity contribution in [1.82, 2.24) is 9.97 Å². The number of carboxylic acid groups (broad SMARTS) is 1. The summed E-state index contributed by atoms with van der Waals surface area (Å²) in [5, 5.41) is 10.2. The van der Waals surface area contributed by atoms with Crippen LogP contribution in [0.3, 0.4) is 0 Å². The van der Waals surface area contributed by atoms with E-state index in [4.69, 9.17) is 0 Å². The van der Waals surface area contributed by atoms with E-state index in [9.17, 15) is 14.7 Å². The van der Waals surface area contributed by atoms with Crippen LogP contribution < -0.4 is 4.90 Å². The van der Waals surface area contributed by atoms with Gasteiger partial charge in [-0.3, -0.25) is 4.79 Å². The van der Waals surface area contributed by atoms with E-state index in [0.717, 1.165) is 17.4 Å². The molecule has 0 saturated carbocycles. The van der Waals surface area contributed by atoms with E-state index in [1.54, 1.807) is 29.2 Å². The maximum absolute atomic E-state index is 12.8. The number of aromatic nitrogens is 2. The van der Waals surface area contributed by atoms with Crippen molar-refractivity contribution in [3.63, 3.8) is 0 Å². The van der Waals surface area contributed by atoms with E-state index in [1.807, 2.05) is 44.2 Å². The number of aromatic carboxylic acids is 1. The molecular weight excluding hydrogens is 362 g/mol. The summed E-state index contributed by atoms with van der Waals surface area (Å²) in [4.78, 5) is 34.5. The van der Waals surface area contributed by atoms with E-state index in [1.165, 1.54) is 0 Å². The van der Waals surface area contributed by atoms with Gasteiger partial charge in [-0.05, 0) is 32.0 Å². The Morgan fingerprint density at radius 3 is 2.37 bits per heavy atom. The molecule has 6 nitrogen and oxygen atoms in total. The SMILES string of the molecule is CC(C)N(C(=O)CSc1nc(C(=O)O)c2ccccc2n1)c1ccccc1. The first kappa shape index (κ1) is 18.8. The van der Waals surface area contributed by atoms with Gasteiger partial charge in [0.15, 0.2) is 10.9 Å². The average molecular weight is 381 g/mol. The molecule has 3 aromatic rings. The summed E-state index contributed by atoms with van der Waals surface area (Å²) in [6, 6.07) is 16.4. The van der Waals surface area contributed by atoms with Crippen LogP contribution in [0.25, 0.3) is 10.9 Å². The van der Waals surface area contributed by atoms with Gasteiger partial charge in [0.2, 0.25) is 5.91 Å². The highest BCUT2D eigenvalue weighted by Gasteiger charge is 2.20. The number of fused-ring (bicyclic) bond motifs is 1. The van der Waals surface area contributed by atoms with Crippen molar-refractivity contribution in [2.75, 3.05) is 10.7 Å². The van der Waals surface area contributed by atoms with E-state index < -0.39 is 5.97 Å². The van der Waals surface area contributed by atoms with Crippen molar-refractivity contribution in [2.45, 2.75) is 25.0 Å². The number of carboxylic acids is 1. The molecular formula is C20H19N3O3S. The van der Waals surface area contributed by atoms with Crippen molar-refractivity contribution in [2.24, 2.45) is 0 Å². The van der Waals surface area contributed by atoms with Gasteiger partial charge in [0.05, 0.1) is 11.3 Å². The second-order valence-corrected chi connectivity index (χ2v) is 7.10. The van der Waals surface area contributed by atoms with Gasteiger partial charge >= 0.3 is 5.97 Å². The van der Waals surface area contributed by atoms with Crippen LogP contribution in [0, 0.1) is 0 Å². The van der Waals surface area contributed by atoms with Crippen LogP contribution in [0.4, 0.5) is 5.69 Å². The molecule has 2 aromatic carbocycles. The smallest absolute Gasteiger partial charge is 0.355 e. The fourth-order valence-electron chi connectivity index (χ4n) is 2.80. The Kier molecular flexibility index (Phi) is 5.71. The van der Waals surface area contributed by atoms with Crippen LogP contribution in [-0.4, -0.2) is 38.7 Å². The number of carbonyl (C=O) groups excluding carboxylic acids is 1. The van der Waals surface area contributed by atoms with Crippen LogP contribution in [0.15, 0.2) is 59.8 Å². The molecule has 0 atom stereocenters. The van der Waals surface area contributed by atoms with E-state index >= 15 is 0 Å². The van der Waals surface area contributed by atoms with Crippen molar-refractivity contribution in [1.29, 1.82) is 0 Å². The molecule has 0 saturated heterocycles. The van der Waals surface area contributed by atoms with Gasteiger partial charge in [-0.1, -0.05) is 48.2 Å². The van der Waals surface area contributed by atoms with Crippen LogP contribution in [0.1, 0.15) is 24.3 Å². The first-order chi connectivity index (χ1) is 13.0. The Morgan fingerprint density at radius 1 is 1.04 bits per heavy atom. The minimum Gasteiger partial charge on any atom is -0.476 e. The Labute approximate surface area is 161 Å². The van der Waals surface area contributed by atoms with E-state index in [2.05, 4.69) is 9.97 Å². The molecule has 0 spiro atoms. The Morgan fingerprint density at radius 2 is 1.70 bits per heavy atom. The lowest BCUT2D eigenvalue weighted by atomic mass is 10.2. The topological polar surface area (TPSA) is 83.4 Å². The predicted octanol–water partition coefficient (Wildman–Crippen LogP) is 3.86. The highest BCUT2D eigenvalue weighted by Crippen LogP contribution is 2.23. The van der Waals surface area contributed by atoms with Crippen LogP contribution >= 0.6 is 11.8 Å². The number of rotatable bonds is 6. The summed E-state index contributed by atoms with van der Waals surface area (Å²) in [6.07, 6.45) is 0. The maximum Gasteiger partial charge on any atom is 0.355 e. The lowest BCUT2D eigenvalue weighted by Gasteiger charge is -2.26. The zero-order valence-corrected chi connectivity index (χ0v) is 15.8. The van der Waals surface area contributed by atoms with Gasteiger partial charge < -0.3 is 10.0 Å². The molecule has 0 unspecified atom stereocenters. The minimum atomic E-state index is -1.12. The summed E-state index contributed by atoms with van der Waals surface area (Å²) in [6.45, 7) is 3.90. The quantitative estimate of drug-likeness (QED) is 0.516. The molecule has 0 aliphatic rings. The summed E-state index contributed by atoms with van der Waals surface area (Å²) in [5.41, 5.74) is 1.31.